The van der Waals surface area contributed by atoms with Gasteiger partial charge in [0.15, 0.2) is 5.78 Å². The molecule has 1 amide bonds. The van der Waals surface area contributed by atoms with Crippen molar-refractivity contribution < 1.29 is 19.8 Å². The van der Waals surface area contributed by atoms with E-state index in [0.29, 0.717) is 18.4 Å². The van der Waals surface area contributed by atoms with Crippen LogP contribution in [0.2, 0.25) is 0 Å². The summed E-state index contributed by atoms with van der Waals surface area (Å²) in [6.45, 7) is 6.64. The van der Waals surface area contributed by atoms with Gasteiger partial charge in [-0.2, -0.15) is 0 Å². The topological polar surface area (TPSA) is 137 Å². The fraction of sp³-hybridized carbons (Fsp3) is 0.909. The fourth-order valence-corrected chi connectivity index (χ4v) is 4.88. The van der Waals surface area contributed by atoms with Crippen LogP contribution in [0.4, 0.5) is 0 Å². The number of Topliss-reactive ketones (excluding diaryl/α,β-unsaturated/α-hetero) is 1. The Kier molecular flexibility index (Phi) is 10.2. The molecule has 0 bridgehead atoms. The van der Waals surface area contributed by atoms with Gasteiger partial charge in [-0.1, -0.05) is 46.0 Å². The predicted molar refractivity (Wildman–Crippen MR) is 116 cm³/mol. The van der Waals surface area contributed by atoms with Crippen molar-refractivity contribution >= 4 is 11.7 Å². The van der Waals surface area contributed by atoms with E-state index in [1.54, 1.807) is 13.8 Å². The summed E-state index contributed by atoms with van der Waals surface area (Å²) in [4.78, 5) is 25.0. The third kappa shape index (κ3) is 6.99. The lowest BCUT2D eigenvalue weighted by Crippen LogP contribution is -2.60. The third-order valence-corrected chi connectivity index (χ3v) is 6.76. The van der Waals surface area contributed by atoms with E-state index < -0.39 is 30.3 Å². The van der Waals surface area contributed by atoms with Crippen molar-refractivity contribution in [3.63, 3.8) is 0 Å². The molecule has 30 heavy (non-hydrogen) atoms. The van der Waals surface area contributed by atoms with Gasteiger partial charge in [0, 0.05) is 24.9 Å². The molecular weight excluding hydrogens is 384 g/mol. The molecule has 1 saturated heterocycles. The Hall–Kier alpha value is -1.06. The SMILES string of the molecule is CC(C)C(=O)[C@H](CN)NC(=O)[C@@H](NC(O)C1CNCC(C2CCCCC2)C1)[C@H](C)O. The van der Waals surface area contributed by atoms with Crippen molar-refractivity contribution in [2.24, 2.45) is 29.4 Å². The molecule has 1 saturated carbocycles. The van der Waals surface area contributed by atoms with E-state index in [1.807, 2.05) is 0 Å². The summed E-state index contributed by atoms with van der Waals surface area (Å²) in [5.41, 5.74) is 5.66. The van der Waals surface area contributed by atoms with Crippen LogP contribution in [0.3, 0.4) is 0 Å². The molecule has 8 nitrogen and oxygen atoms in total. The van der Waals surface area contributed by atoms with Gasteiger partial charge in [-0.15, -0.1) is 0 Å². The Morgan fingerprint density at radius 1 is 1.07 bits per heavy atom. The van der Waals surface area contributed by atoms with Gasteiger partial charge in [0.05, 0.1) is 12.1 Å². The summed E-state index contributed by atoms with van der Waals surface area (Å²) in [6.07, 6.45) is 5.35. The molecule has 2 aliphatic rings. The third-order valence-electron chi connectivity index (χ3n) is 6.76. The zero-order chi connectivity index (χ0) is 22.3. The van der Waals surface area contributed by atoms with Crippen LogP contribution < -0.4 is 21.7 Å². The van der Waals surface area contributed by atoms with Gasteiger partial charge in [-0.3, -0.25) is 14.9 Å². The molecule has 7 N–H and O–H groups in total. The number of nitrogens with one attached hydrogen (secondary N) is 3. The molecule has 174 valence electrons. The molecule has 0 radical (unpaired) electrons. The van der Waals surface area contributed by atoms with Crippen LogP contribution in [0.5, 0.6) is 0 Å². The minimum absolute atomic E-state index is 0.00650. The van der Waals surface area contributed by atoms with Crippen molar-refractivity contribution in [1.82, 2.24) is 16.0 Å². The molecule has 8 heteroatoms. The highest BCUT2D eigenvalue weighted by Gasteiger charge is 2.35. The Labute approximate surface area is 180 Å². The van der Waals surface area contributed by atoms with E-state index >= 15 is 0 Å². The average molecular weight is 427 g/mol. The zero-order valence-corrected chi connectivity index (χ0v) is 18.8. The van der Waals surface area contributed by atoms with Crippen LogP contribution >= 0.6 is 0 Å². The van der Waals surface area contributed by atoms with Gasteiger partial charge >= 0.3 is 0 Å². The quantitative estimate of drug-likeness (QED) is 0.273. The van der Waals surface area contributed by atoms with Gasteiger partial charge in [-0.25, -0.2) is 0 Å². The molecule has 2 fully saturated rings. The normalized spacial score (nSPS) is 27.3. The smallest absolute Gasteiger partial charge is 0.240 e. The van der Waals surface area contributed by atoms with Gasteiger partial charge in [0.1, 0.15) is 12.3 Å². The number of hydrogen-bond donors (Lipinski definition) is 6. The highest BCUT2D eigenvalue weighted by atomic mass is 16.3. The van der Waals surface area contributed by atoms with Gasteiger partial charge in [0.2, 0.25) is 5.91 Å². The minimum atomic E-state index is -1.03. The minimum Gasteiger partial charge on any atom is -0.391 e. The lowest BCUT2D eigenvalue weighted by molar-refractivity contribution is -0.132. The Morgan fingerprint density at radius 2 is 1.73 bits per heavy atom. The number of nitrogens with two attached hydrogens (primary N) is 1. The van der Waals surface area contributed by atoms with Crippen LogP contribution in [-0.2, 0) is 9.59 Å². The maximum atomic E-state index is 12.7. The van der Waals surface area contributed by atoms with Crippen LogP contribution in [0.1, 0.15) is 59.3 Å². The first-order valence-electron chi connectivity index (χ1n) is 11.6. The molecule has 3 unspecified atom stereocenters. The monoisotopic (exact) mass is 426 g/mol. The molecule has 1 heterocycles. The largest absolute Gasteiger partial charge is 0.391 e. The zero-order valence-electron chi connectivity index (χ0n) is 18.8. The average Bonchev–Trinajstić information content (AvgIpc) is 2.75. The number of rotatable bonds is 10. The van der Waals surface area contributed by atoms with E-state index in [0.717, 1.165) is 13.0 Å². The highest BCUT2D eigenvalue weighted by Crippen LogP contribution is 2.35. The molecule has 6 atom stereocenters. The van der Waals surface area contributed by atoms with Crippen LogP contribution in [-0.4, -0.2) is 66.0 Å². The second-order valence-electron chi connectivity index (χ2n) is 9.50. The molecule has 0 aromatic heterocycles. The lowest BCUT2D eigenvalue weighted by atomic mass is 9.74. The number of aliphatic hydroxyl groups excluding tert-OH is 2. The summed E-state index contributed by atoms with van der Waals surface area (Å²) in [6, 6.07) is -1.83. The fourth-order valence-electron chi connectivity index (χ4n) is 4.88. The Bertz CT molecular complexity index is 551. The van der Waals surface area contributed by atoms with E-state index in [2.05, 4.69) is 16.0 Å². The number of amides is 1. The van der Waals surface area contributed by atoms with E-state index in [9.17, 15) is 19.8 Å². The van der Waals surface area contributed by atoms with Crippen LogP contribution in [0, 0.1) is 23.7 Å². The highest BCUT2D eigenvalue weighted by molar-refractivity contribution is 5.92. The van der Waals surface area contributed by atoms with Crippen molar-refractivity contribution in [2.45, 2.75) is 83.7 Å². The number of piperidine rings is 1. The van der Waals surface area contributed by atoms with Gasteiger partial charge in [-0.05, 0) is 31.7 Å². The first-order chi connectivity index (χ1) is 14.2. The Morgan fingerprint density at radius 3 is 2.30 bits per heavy atom. The van der Waals surface area contributed by atoms with E-state index in [-0.39, 0.29) is 24.2 Å². The summed E-state index contributed by atoms with van der Waals surface area (Å²) in [5.74, 6) is 0.257. The first kappa shape index (κ1) is 25.2. The van der Waals surface area contributed by atoms with Gasteiger partial charge in [0.25, 0.3) is 0 Å². The number of hydrogen-bond acceptors (Lipinski definition) is 7. The molecule has 0 spiro atoms. The number of aliphatic hydroxyl groups is 2. The van der Waals surface area contributed by atoms with Crippen molar-refractivity contribution in [3.05, 3.63) is 0 Å². The maximum Gasteiger partial charge on any atom is 0.240 e. The second-order valence-corrected chi connectivity index (χ2v) is 9.50. The maximum absolute atomic E-state index is 12.7. The molecular formula is C22H42N4O4. The first-order valence-corrected chi connectivity index (χ1v) is 11.6. The number of carbonyl (C=O) groups excluding carboxylic acids is 2. The Balaban J connectivity index is 1.95. The van der Waals surface area contributed by atoms with Crippen molar-refractivity contribution in [3.8, 4) is 0 Å². The lowest BCUT2D eigenvalue weighted by Gasteiger charge is -2.39. The number of carbonyl (C=O) groups is 2. The molecule has 1 aliphatic heterocycles. The van der Waals surface area contributed by atoms with Crippen LogP contribution in [0.15, 0.2) is 0 Å². The van der Waals surface area contributed by atoms with Gasteiger partial charge < -0.3 is 26.6 Å². The summed E-state index contributed by atoms with van der Waals surface area (Å²) >= 11 is 0. The summed E-state index contributed by atoms with van der Waals surface area (Å²) < 4.78 is 0. The van der Waals surface area contributed by atoms with Crippen LogP contribution in [0.25, 0.3) is 0 Å². The standard InChI is InChI=1S/C22H42N4O4/c1-13(2)20(28)18(10-23)25-22(30)19(14(3)27)26-21(29)17-9-16(11-24-12-17)15-7-5-4-6-8-15/h13-19,21,24,26-27,29H,4-12,23H2,1-3H3,(H,25,30)/t14-,16?,17?,18-,19-,21?/m0/s1. The predicted octanol–water partition coefficient (Wildman–Crippen LogP) is 0.118. The second kappa shape index (κ2) is 12.1. The molecule has 2 rings (SSSR count). The van der Waals surface area contributed by atoms with Crippen molar-refractivity contribution in [1.29, 1.82) is 0 Å². The summed E-state index contributed by atoms with van der Waals surface area (Å²) in [5, 5.41) is 29.9. The molecule has 1 aliphatic carbocycles. The molecule has 0 aromatic carbocycles. The summed E-state index contributed by atoms with van der Waals surface area (Å²) in [7, 11) is 0. The van der Waals surface area contributed by atoms with E-state index in [4.69, 9.17) is 5.73 Å². The van der Waals surface area contributed by atoms with E-state index in [1.165, 1.54) is 39.0 Å². The number of ketones is 1. The molecule has 0 aromatic rings. The van der Waals surface area contributed by atoms with Crippen molar-refractivity contribution in [2.75, 3.05) is 19.6 Å².